The lowest BCUT2D eigenvalue weighted by Gasteiger charge is -2.55. The van der Waals surface area contributed by atoms with Crippen LogP contribution in [-0.4, -0.2) is 31.9 Å². The molecule has 0 heterocycles. The van der Waals surface area contributed by atoms with E-state index in [-0.39, 0.29) is 27.9 Å². The quantitative estimate of drug-likeness (QED) is 0.494. The van der Waals surface area contributed by atoms with E-state index in [1.807, 2.05) is 0 Å². The SMILES string of the molecule is C[C@H]1CC[C@](C)(C2CC[C@]3(C)C(=O)CCC3[C@@H]2O)[C@@H](CCO[Si](C)(C)C(C)(C)C)C1. The fourth-order valence-corrected chi connectivity index (χ4v) is 7.90. The van der Waals surface area contributed by atoms with Crippen LogP contribution >= 0.6 is 0 Å². The molecule has 0 saturated heterocycles. The molecule has 0 spiro atoms. The minimum atomic E-state index is -1.73. The maximum absolute atomic E-state index is 12.5. The fraction of sp³-hybridized carbons (Fsp3) is 0.962. The molecule has 3 aliphatic rings. The molecule has 1 N–H and O–H groups in total. The summed E-state index contributed by atoms with van der Waals surface area (Å²) in [5.41, 5.74) is -0.106. The van der Waals surface area contributed by atoms with Gasteiger partial charge in [0.2, 0.25) is 0 Å². The Morgan fingerprint density at radius 3 is 2.40 bits per heavy atom. The standard InChI is InChI=1S/C26H48O3Si/c1-18-11-14-25(5,19(17-18)13-16-29-30(7,8)24(2,3)4)21-12-15-26(6)20(23(21)28)9-10-22(26)27/h18-21,23,28H,9-17H2,1-8H3/t18-,19-,20?,21?,23-,25-,26-/m0/s1. The van der Waals surface area contributed by atoms with Crippen LogP contribution in [0, 0.1) is 34.5 Å². The number of aliphatic hydroxyl groups excluding tert-OH is 1. The first-order valence-corrected chi connectivity index (χ1v) is 15.5. The zero-order chi connectivity index (χ0) is 22.5. The lowest BCUT2D eigenvalue weighted by atomic mass is 9.51. The average Bonchev–Trinajstić information content (AvgIpc) is 2.93. The van der Waals surface area contributed by atoms with E-state index in [4.69, 9.17) is 4.43 Å². The lowest BCUT2D eigenvalue weighted by molar-refractivity contribution is -0.143. The van der Waals surface area contributed by atoms with E-state index in [0.29, 0.717) is 24.0 Å². The van der Waals surface area contributed by atoms with Crippen molar-refractivity contribution >= 4 is 14.1 Å². The first kappa shape index (κ1) is 24.4. The molecule has 3 nitrogen and oxygen atoms in total. The van der Waals surface area contributed by atoms with Gasteiger partial charge >= 0.3 is 0 Å². The van der Waals surface area contributed by atoms with E-state index in [9.17, 15) is 9.90 Å². The summed E-state index contributed by atoms with van der Waals surface area (Å²) in [5.74, 6) is 2.25. The highest BCUT2D eigenvalue weighted by Crippen LogP contribution is 2.59. The second-order valence-electron chi connectivity index (χ2n) is 13.1. The van der Waals surface area contributed by atoms with Gasteiger partial charge in [0.25, 0.3) is 0 Å². The van der Waals surface area contributed by atoms with Gasteiger partial charge in [0, 0.05) is 18.4 Å². The molecule has 7 atom stereocenters. The van der Waals surface area contributed by atoms with Crippen molar-refractivity contribution in [1.82, 2.24) is 0 Å². The second kappa shape index (κ2) is 8.30. The number of hydrogen-bond acceptors (Lipinski definition) is 3. The summed E-state index contributed by atoms with van der Waals surface area (Å²) in [6.07, 6.45) is 8.04. The largest absolute Gasteiger partial charge is 0.417 e. The van der Waals surface area contributed by atoms with Crippen molar-refractivity contribution in [3.05, 3.63) is 0 Å². The van der Waals surface area contributed by atoms with E-state index in [2.05, 4.69) is 54.6 Å². The molecule has 30 heavy (non-hydrogen) atoms. The number of carbonyl (C=O) groups excluding carboxylic acids is 1. The summed E-state index contributed by atoms with van der Waals surface area (Å²) < 4.78 is 6.57. The van der Waals surface area contributed by atoms with Crippen LogP contribution in [0.15, 0.2) is 0 Å². The molecule has 2 unspecified atom stereocenters. The Balaban J connectivity index is 1.74. The predicted molar refractivity (Wildman–Crippen MR) is 127 cm³/mol. The molecule has 0 aromatic carbocycles. The second-order valence-corrected chi connectivity index (χ2v) is 17.9. The van der Waals surface area contributed by atoms with Crippen molar-refractivity contribution in [3.63, 3.8) is 0 Å². The van der Waals surface area contributed by atoms with Gasteiger partial charge < -0.3 is 9.53 Å². The third kappa shape index (κ3) is 4.22. The smallest absolute Gasteiger partial charge is 0.191 e. The van der Waals surface area contributed by atoms with Gasteiger partial charge in [-0.15, -0.1) is 0 Å². The van der Waals surface area contributed by atoms with Crippen molar-refractivity contribution in [2.24, 2.45) is 34.5 Å². The number of Topliss-reactive ketones (excluding diaryl/α,β-unsaturated/α-hetero) is 1. The zero-order valence-electron chi connectivity index (χ0n) is 21.0. The highest BCUT2D eigenvalue weighted by molar-refractivity contribution is 6.74. The third-order valence-electron chi connectivity index (χ3n) is 10.3. The molecule has 0 aromatic rings. The van der Waals surface area contributed by atoms with E-state index >= 15 is 0 Å². The van der Waals surface area contributed by atoms with Gasteiger partial charge in [-0.05, 0) is 85.7 Å². The molecular formula is C26H48O3Si. The molecule has 4 heteroatoms. The minimum Gasteiger partial charge on any atom is -0.417 e. The van der Waals surface area contributed by atoms with Gasteiger partial charge in [-0.1, -0.05) is 48.0 Å². The summed E-state index contributed by atoms with van der Waals surface area (Å²) in [6.45, 7) is 19.5. The summed E-state index contributed by atoms with van der Waals surface area (Å²) in [5, 5.41) is 11.8. The molecule has 0 aliphatic heterocycles. The third-order valence-corrected chi connectivity index (χ3v) is 14.9. The van der Waals surface area contributed by atoms with Crippen LogP contribution in [0.1, 0.15) is 92.9 Å². The molecule has 0 radical (unpaired) electrons. The maximum Gasteiger partial charge on any atom is 0.191 e. The molecule has 0 bridgehead atoms. The fourth-order valence-electron chi connectivity index (χ4n) is 6.84. The summed E-state index contributed by atoms with van der Waals surface area (Å²) in [7, 11) is -1.73. The Morgan fingerprint density at radius 1 is 1.10 bits per heavy atom. The van der Waals surface area contributed by atoms with E-state index in [1.54, 1.807) is 0 Å². The predicted octanol–water partition coefficient (Wildman–Crippen LogP) is 6.60. The Hall–Kier alpha value is -0.193. The van der Waals surface area contributed by atoms with Crippen molar-refractivity contribution in [1.29, 1.82) is 0 Å². The monoisotopic (exact) mass is 436 g/mol. The van der Waals surface area contributed by atoms with Crippen molar-refractivity contribution < 1.29 is 14.3 Å². The van der Waals surface area contributed by atoms with Gasteiger partial charge in [-0.3, -0.25) is 4.79 Å². The maximum atomic E-state index is 12.5. The molecule has 0 aromatic heterocycles. The van der Waals surface area contributed by atoms with Crippen molar-refractivity contribution in [2.45, 2.75) is 117 Å². The average molecular weight is 437 g/mol. The minimum absolute atomic E-state index is 0.162. The number of ketones is 1. The number of aliphatic hydroxyl groups is 1. The van der Waals surface area contributed by atoms with Crippen LogP contribution in [0.3, 0.4) is 0 Å². The van der Waals surface area contributed by atoms with E-state index in [1.165, 1.54) is 19.3 Å². The van der Waals surface area contributed by atoms with Gasteiger partial charge in [0.05, 0.1) is 6.10 Å². The molecule has 0 amide bonds. The lowest BCUT2D eigenvalue weighted by Crippen LogP contribution is -2.53. The zero-order valence-corrected chi connectivity index (χ0v) is 22.0. The molecule has 3 saturated carbocycles. The first-order valence-electron chi connectivity index (χ1n) is 12.6. The van der Waals surface area contributed by atoms with E-state index < -0.39 is 8.32 Å². The summed E-state index contributed by atoms with van der Waals surface area (Å²) >= 11 is 0. The molecule has 3 rings (SSSR count). The van der Waals surface area contributed by atoms with Gasteiger partial charge in [-0.25, -0.2) is 0 Å². The number of hydrogen-bond donors (Lipinski definition) is 1. The van der Waals surface area contributed by atoms with Gasteiger partial charge in [0.15, 0.2) is 8.32 Å². The van der Waals surface area contributed by atoms with Crippen LogP contribution in [0.4, 0.5) is 0 Å². The van der Waals surface area contributed by atoms with Crippen molar-refractivity contribution in [3.8, 4) is 0 Å². The number of fused-ring (bicyclic) bond motifs is 1. The van der Waals surface area contributed by atoms with Crippen LogP contribution in [-0.2, 0) is 9.22 Å². The Morgan fingerprint density at radius 2 is 1.77 bits per heavy atom. The van der Waals surface area contributed by atoms with Gasteiger partial charge in [-0.2, -0.15) is 0 Å². The van der Waals surface area contributed by atoms with E-state index in [0.717, 1.165) is 38.2 Å². The number of carbonyl (C=O) groups is 1. The first-order chi connectivity index (χ1) is 13.7. The van der Waals surface area contributed by atoms with Crippen LogP contribution in [0.5, 0.6) is 0 Å². The highest BCUT2D eigenvalue weighted by Gasteiger charge is 2.58. The Kier molecular flexibility index (Phi) is 6.76. The van der Waals surface area contributed by atoms with Crippen LogP contribution in [0.25, 0.3) is 0 Å². The van der Waals surface area contributed by atoms with Crippen LogP contribution < -0.4 is 0 Å². The summed E-state index contributed by atoms with van der Waals surface area (Å²) in [6, 6.07) is 0. The molecule has 3 fully saturated rings. The normalized spacial score (nSPS) is 43.0. The van der Waals surface area contributed by atoms with Crippen molar-refractivity contribution in [2.75, 3.05) is 6.61 Å². The Labute approximate surface area is 186 Å². The Bertz CT molecular complexity index is 639. The molecule has 3 aliphatic carbocycles. The molecular weight excluding hydrogens is 388 g/mol. The summed E-state index contributed by atoms with van der Waals surface area (Å²) in [4.78, 5) is 12.5. The molecule has 174 valence electrons. The highest BCUT2D eigenvalue weighted by atomic mass is 28.4. The number of rotatable bonds is 5. The van der Waals surface area contributed by atoms with Crippen LogP contribution in [0.2, 0.25) is 18.1 Å². The van der Waals surface area contributed by atoms with Gasteiger partial charge in [0.1, 0.15) is 5.78 Å². The topological polar surface area (TPSA) is 46.5 Å².